The molecule has 1 nitrogen and oxygen atoms in total. The standard InChI is InChI=1S/C13H23BrO/c1-10-5-4-6-11(9-10)15-13-8-3-2-7-12(13)14/h10-13H,2-9H2,1H3. The highest BCUT2D eigenvalue weighted by atomic mass is 79.9. The van der Waals surface area contributed by atoms with Gasteiger partial charge in [-0.1, -0.05) is 48.5 Å². The molecule has 0 heterocycles. The zero-order chi connectivity index (χ0) is 10.7. The van der Waals surface area contributed by atoms with Gasteiger partial charge in [-0.25, -0.2) is 0 Å². The summed E-state index contributed by atoms with van der Waals surface area (Å²) in [4.78, 5) is 0.614. The largest absolute Gasteiger partial charge is 0.374 e. The van der Waals surface area contributed by atoms with Gasteiger partial charge >= 0.3 is 0 Å². The molecule has 0 bridgehead atoms. The van der Waals surface area contributed by atoms with Gasteiger partial charge in [0.05, 0.1) is 12.2 Å². The van der Waals surface area contributed by atoms with Gasteiger partial charge in [0.2, 0.25) is 0 Å². The molecule has 2 rings (SSSR count). The maximum absolute atomic E-state index is 6.27. The first kappa shape index (κ1) is 11.9. The van der Waals surface area contributed by atoms with E-state index < -0.39 is 0 Å². The zero-order valence-corrected chi connectivity index (χ0v) is 11.3. The third-order valence-electron chi connectivity index (χ3n) is 3.88. The van der Waals surface area contributed by atoms with E-state index in [1.54, 1.807) is 0 Å². The molecule has 0 N–H and O–H groups in total. The minimum atomic E-state index is 0.494. The van der Waals surface area contributed by atoms with E-state index in [-0.39, 0.29) is 0 Å². The Morgan fingerprint density at radius 3 is 2.53 bits per heavy atom. The van der Waals surface area contributed by atoms with E-state index >= 15 is 0 Å². The minimum absolute atomic E-state index is 0.494. The average Bonchev–Trinajstić information content (AvgIpc) is 2.22. The second kappa shape index (κ2) is 5.67. The smallest absolute Gasteiger partial charge is 0.0703 e. The molecule has 0 saturated heterocycles. The Balaban J connectivity index is 1.79. The normalized spacial score (nSPS) is 42.8. The van der Waals surface area contributed by atoms with Crippen LogP contribution in [-0.2, 0) is 4.74 Å². The lowest BCUT2D eigenvalue weighted by Crippen LogP contribution is -2.34. The molecule has 15 heavy (non-hydrogen) atoms. The maximum Gasteiger partial charge on any atom is 0.0703 e. The predicted molar refractivity (Wildman–Crippen MR) is 67.5 cm³/mol. The number of hydrogen-bond donors (Lipinski definition) is 0. The first-order valence-electron chi connectivity index (χ1n) is 6.55. The van der Waals surface area contributed by atoms with E-state index in [1.165, 1.54) is 51.4 Å². The minimum Gasteiger partial charge on any atom is -0.374 e. The second-order valence-electron chi connectivity index (χ2n) is 5.37. The molecule has 2 saturated carbocycles. The Bertz CT molecular complexity index is 195. The predicted octanol–water partition coefficient (Wildman–Crippen LogP) is 4.29. The molecule has 0 aromatic heterocycles. The number of alkyl halides is 1. The van der Waals surface area contributed by atoms with Gasteiger partial charge in [0.25, 0.3) is 0 Å². The van der Waals surface area contributed by atoms with Crippen molar-refractivity contribution in [2.24, 2.45) is 5.92 Å². The Morgan fingerprint density at radius 1 is 1.00 bits per heavy atom. The highest BCUT2D eigenvalue weighted by Gasteiger charge is 2.28. The summed E-state index contributed by atoms with van der Waals surface area (Å²) in [6.45, 7) is 2.36. The molecule has 0 spiro atoms. The molecule has 2 heteroatoms. The Hall–Kier alpha value is 0.440. The third kappa shape index (κ3) is 3.45. The molecular formula is C13H23BrO. The molecule has 2 fully saturated rings. The molecule has 0 radical (unpaired) electrons. The van der Waals surface area contributed by atoms with Crippen LogP contribution in [0, 0.1) is 5.92 Å². The van der Waals surface area contributed by atoms with E-state index in [0.717, 1.165) is 5.92 Å². The zero-order valence-electron chi connectivity index (χ0n) is 9.75. The first-order chi connectivity index (χ1) is 7.25. The van der Waals surface area contributed by atoms with Crippen LogP contribution in [0.25, 0.3) is 0 Å². The fraction of sp³-hybridized carbons (Fsp3) is 1.00. The monoisotopic (exact) mass is 274 g/mol. The SMILES string of the molecule is CC1CCCC(OC2CCCCC2Br)C1. The molecule has 88 valence electrons. The summed E-state index contributed by atoms with van der Waals surface area (Å²) in [6.07, 6.45) is 11.7. The van der Waals surface area contributed by atoms with Gasteiger partial charge in [-0.2, -0.15) is 0 Å². The highest BCUT2D eigenvalue weighted by Crippen LogP contribution is 2.32. The van der Waals surface area contributed by atoms with E-state index in [4.69, 9.17) is 4.74 Å². The molecule has 0 amide bonds. The lowest BCUT2D eigenvalue weighted by Gasteiger charge is -2.34. The maximum atomic E-state index is 6.27. The number of ether oxygens (including phenoxy) is 1. The first-order valence-corrected chi connectivity index (χ1v) is 7.47. The molecular weight excluding hydrogens is 252 g/mol. The van der Waals surface area contributed by atoms with E-state index in [9.17, 15) is 0 Å². The number of halogens is 1. The van der Waals surface area contributed by atoms with Crippen LogP contribution in [0.2, 0.25) is 0 Å². The van der Waals surface area contributed by atoms with Gasteiger partial charge in [0.15, 0.2) is 0 Å². The molecule has 0 aromatic rings. The molecule has 4 atom stereocenters. The van der Waals surface area contributed by atoms with Crippen LogP contribution in [0.1, 0.15) is 58.3 Å². The van der Waals surface area contributed by atoms with E-state index in [2.05, 4.69) is 22.9 Å². The summed E-state index contributed by atoms with van der Waals surface area (Å²) >= 11 is 3.77. The topological polar surface area (TPSA) is 9.23 Å². The number of rotatable bonds is 2. The summed E-state index contributed by atoms with van der Waals surface area (Å²) in [6, 6.07) is 0. The van der Waals surface area contributed by atoms with Crippen LogP contribution in [-0.4, -0.2) is 17.0 Å². The Kier molecular flexibility index (Phi) is 4.51. The second-order valence-corrected chi connectivity index (χ2v) is 6.54. The van der Waals surface area contributed by atoms with Gasteiger partial charge in [-0.05, 0) is 31.6 Å². The van der Waals surface area contributed by atoms with Crippen molar-refractivity contribution in [1.29, 1.82) is 0 Å². The van der Waals surface area contributed by atoms with Crippen molar-refractivity contribution in [3.8, 4) is 0 Å². The molecule has 4 unspecified atom stereocenters. The molecule has 0 aromatic carbocycles. The fourth-order valence-corrected chi connectivity index (χ4v) is 3.67. The van der Waals surface area contributed by atoms with E-state index in [0.29, 0.717) is 17.0 Å². The van der Waals surface area contributed by atoms with Crippen LogP contribution >= 0.6 is 15.9 Å². The van der Waals surface area contributed by atoms with Crippen LogP contribution < -0.4 is 0 Å². The lowest BCUT2D eigenvalue weighted by molar-refractivity contribution is -0.0488. The average molecular weight is 275 g/mol. The van der Waals surface area contributed by atoms with Crippen molar-refractivity contribution in [2.75, 3.05) is 0 Å². The van der Waals surface area contributed by atoms with Crippen LogP contribution in [0.3, 0.4) is 0 Å². The summed E-state index contributed by atoms with van der Waals surface area (Å²) in [5.41, 5.74) is 0. The molecule has 0 aliphatic heterocycles. The van der Waals surface area contributed by atoms with Gasteiger partial charge in [-0.3, -0.25) is 0 Å². The van der Waals surface area contributed by atoms with Crippen molar-refractivity contribution in [3.05, 3.63) is 0 Å². The molecule has 2 aliphatic carbocycles. The van der Waals surface area contributed by atoms with Gasteiger partial charge in [0.1, 0.15) is 0 Å². The van der Waals surface area contributed by atoms with Crippen molar-refractivity contribution < 1.29 is 4.74 Å². The van der Waals surface area contributed by atoms with Crippen molar-refractivity contribution in [3.63, 3.8) is 0 Å². The lowest BCUT2D eigenvalue weighted by atomic mass is 9.88. The third-order valence-corrected chi connectivity index (χ3v) is 4.92. The van der Waals surface area contributed by atoms with E-state index in [1.807, 2.05) is 0 Å². The van der Waals surface area contributed by atoms with Gasteiger partial charge in [0, 0.05) is 4.83 Å². The summed E-state index contributed by atoms with van der Waals surface area (Å²) in [7, 11) is 0. The van der Waals surface area contributed by atoms with Crippen molar-refractivity contribution >= 4 is 15.9 Å². The van der Waals surface area contributed by atoms with Gasteiger partial charge in [-0.15, -0.1) is 0 Å². The van der Waals surface area contributed by atoms with Crippen LogP contribution in [0.5, 0.6) is 0 Å². The van der Waals surface area contributed by atoms with Crippen LogP contribution in [0.4, 0.5) is 0 Å². The fourth-order valence-electron chi connectivity index (χ4n) is 2.95. The van der Waals surface area contributed by atoms with Gasteiger partial charge < -0.3 is 4.74 Å². The summed E-state index contributed by atoms with van der Waals surface area (Å²) < 4.78 is 6.27. The van der Waals surface area contributed by atoms with Crippen LogP contribution in [0.15, 0.2) is 0 Å². The summed E-state index contributed by atoms with van der Waals surface area (Å²) in [5, 5.41) is 0. The van der Waals surface area contributed by atoms with Crippen molar-refractivity contribution in [2.45, 2.75) is 75.3 Å². The highest BCUT2D eigenvalue weighted by molar-refractivity contribution is 9.09. The summed E-state index contributed by atoms with van der Waals surface area (Å²) in [5.74, 6) is 0.876. The Labute approximate surface area is 102 Å². The molecule has 2 aliphatic rings. The quantitative estimate of drug-likeness (QED) is 0.683. The Morgan fingerprint density at radius 2 is 1.80 bits per heavy atom. The number of hydrogen-bond acceptors (Lipinski definition) is 1. The van der Waals surface area contributed by atoms with Crippen molar-refractivity contribution in [1.82, 2.24) is 0 Å².